The van der Waals surface area contributed by atoms with Gasteiger partial charge in [0.2, 0.25) is 11.8 Å². The van der Waals surface area contributed by atoms with Crippen molar-refractivity contribution in [3.05, 3.63) is 60.2 Å². The number of para-hydroxylation sites is 1. The summed E-state index contributed by atoms with van der Waals surface area (Å²) in [7, 11) is 0. The molecule has 1 heterocycles. The summed E-state index contributed by atoms with van der Waals surface area (Å²) in [5.41, 5.74) is 1.70. The lowest BCUT2D eigenvalue weighted by Gasteiger charge is -2.15. The first-order chi connectivity index (χ1) is 12.6. The quantitative estimate of drug-likeness (QED) is 0.833. The predicted molar refractivity (Wildman–Crippen MR) is 101 cm³/mol. The normalized spacial score (nSPS) is 19.7. The van der Waals surface area contributed by atoms with E-state index in [0.717, 1.165) is 0 Å². The van der Waals surface area contributed by atoms with Gasteiger partial charge in [-0.15, -0.1) is 0 Å². The zero-order chi connectivity index (χ0) is 18.7. The maximum absolute atomic E-state index is 12.6. The third-order valence-electron chi connectivity index (χ3n) is 4.86. The number of amides is 3. The molecule has 1 N–H and O–H groups in total. The molecule has 1 saturated heterocycles. The second-order valence-electron chi connectivity index (χ2n) is 6.41. The van der Waals surface area contributed by atoms with Gasteiger partial charge in [0.05, 0.1) is 17.5 Å². The molecule has 3 amide bonds. The number of hydrogen-bond acceptors (Lipinski definition) is 3. The van der Waals surface area contributed by atoms with E-state index in [-0.39, 0.29) is 29.6 Å². The minimum absolute atomic E-state index is 0.147. The lowest BCUT2D eigenvalue weighted by molar-refractivity contribution is -0.122. The summed E-state index contributed by atoms with van der Waals surface area (Å²) < 4.78 is 0. The predicted octanol–water partition coefficient (Wildman–Crippen LogP) is 3.86. The Bertz CT molecular complexity index is 793. The first kappa shape index (κ1) is 17.9. The van der Waals surface area contributed by atoms with Crippen LogP contribution in [-0.2, 0) is 9.59 Å². The molecule has 5 nitrogen and oxygen atoms in total. The van der Waals surface area contributed by atoms with Gasteiger partial charge in [-0.3, -0.25) is 19.3 Å². The van der Waals surface area contributed by atoms with Gasteiger partial charge in [0.15, 0.2) is 0 Å². The number of carbonyl (C=O) groups is 3. The molecule has 2 aromatic rings. The van der Waals surface area contributed by atoms with E-state index < -0.39 is 0 Å². The molecule has 2 atom stereocenters. The Labute approximate surface area is 153 Å². The zero-order valence-corrected chi connectivity index (χ0v) is 14.9. The van der Waals surface area contributed by atoms with Gasteiger partial charge < -0.3 is 5.32 Å². The highest BCUT2D eigenvalue weighted by atomic mass is 16.2. The minimum atomic E-state index is -0.256. The van der Waals surface area contributed by atoms with Crippen LogP contribution in [-0.4, -0.2) is 17.7 Å². The Morgan fingerprint density at radius 1 is 0.885 bits per heavy atom. The molecule has 5 heteroatoms. The first-order valence-corrected chi connectivity index (χ1v) is 8.91. The molecule has 1 fully saturated rings. The van der Waals surface area contributed by atoms with Crippen molar-refractivity contribution < 1.29 is 14.4 Å². The van der Waals surface area contributed by atoms with Crippen LogP contribution in [0.4, 0.5) is 11.4 Å². The molecule has 1 aliphatic rings. The fourth-order valence-corrected chi connectivity index (χ4v) is 3.44. The molecule has 0 bridgehead atoms. The average Bonchev–Trinajstić information content (AvgIpc) is 2.91. The second-order valence-corrected chi connectivity index (χ2v) is 6.41. The summed E-state index contributed by atoms with van der Waals surface area (Å²) in [6.45, 7) is 3.86. The Morgan fingerprint density at radius 3 is 1.92 bits per heavy atom. The highest BCUT2D eigenvalue weighted by Gasteiger charge is 2.46. The average molecular weight is 350 g/mol. The maximum Gasteiger partial charge on any atom is 0.255 e. The van der Waals surface area contributed by atoms with Crippen molar-refractivity contribution >= 4 is 29.1 Å². The van der Waals surface area contributed by atoms with Gasteiger partial charge in [0.25, 0.3) is 5.91 Å². The Hall–Kier alpha value is -2.95. The minimum Gasteiger partial charge on any atom is -0.322 e. The standard InChI is InChI=1S/C21H22N2O3/c1-3-17-18(4-2)21(26)23(20(17)25)16-12-10-14(11-13-16)19(24)22-15-8-6-5-7-9-15/h5-13,17-18H,3-4H2,1-2H3,(H,22,24). The van der Waals surface area contributed by atoms with Gasteiger partial charge in [-0.05, 0) is 49.2 Å². The Morgan fingerprint density at radius 2 is 1.42 bits per heavy atom. The summed E-state index contributed by atoms with van der Waals surface area (Å²) in [6, 6.07) is 15.8. The van der Waals surface area contributed by atoms with E-state index in [1.165, 1.54) is 4.90 Å². The van der Waals surface area contributed by atoms with Crippen molar-refractivity contribution in [3.63, 3.8) is 0 Å². The summed E-state index contributed by atoms with van der Waals surface area (Å²) in [5, 5.41) is 2.81. The Balaban J connectivity index is 1.78. The molecule has 0 aliphatic carbocycles. The molecule has 134 valence electrons. The number of hydrogen-bond donors (Lipinski definition) is 1. The van der Waals surface area contributed by atoms with Crippen molar-refractivity contribution in [1.29, 1.82) is 0 Å². The largest absolute Gasteiger partial charge is 0.322 e. The van der Waals surface area contributed by atoms with Gasteiger partial charge in [-0.2, -0.15) is 0 Å². The molecule has 0 radical (unpaired) electrons. The zero-order valence-electron chi connectivity index (χ0n) is 14.9. The van der Waals surface area contributed by atoms with Crippen LogP contribution in [0.15, 0.2) is 54.6 Å². The number of imide groups is 1. The first-order valence-electron chi connectivity index (χ1n) is 8.91. The summed E-state index contributed by atoms with van der Waals surface area (Å²) in [4.78, 5) is 38.8. The Kier molecular flexibility index (Phi) is 5.16. The van der Waals surface area contributed by atoms with E-state index in [1.807, 2.05) is 44.2 Å². The van der Waals surface area contributed by atoms with Crippen LogP contribution < -0.4 is 10.2 Å². The number of carbonyl (C=O) groups excluding carboxylic acids is 3. The van der Waals surface area contributed by atoms with E-state index in [9.17, 15) is 14.4 Å². The monoisotopic (exact) mass is 350 g/mol. The molecule has 0 aromatic heterocycles. The summed E-state index contributed by atoms with van der Waals surface area (Å²) in [6.07, 6.45) is 1.30. The van der Waals surface area contributed by atoms with Crippen LogP contribution >= 0.6 is 0 Å². The summed E-state index contributed by atoms with van der Waals surface area (Å²) in [5.74, 6) is -1.04. The smallest absolute Gasteiger partial charge is 0.255 e. The molecule has 0 spiro atoms. The molecular weight excluding hydrogens is 328 g/mol. The topological polar surface area (TPSA) is 66.5 Å². The third-order valence-corrected chi connectivity index (χ3v) is 4.86. The second kappa shape index (κ2) is 7.52. The van der Waals surface area contributed by atoms with Gasteiger partial charge >= 0.3 is 0 Å². The number of nitrogens with one attached hydrogen (secondary N) is 1. The van der Waals surface area contributed by atoms with E-state index in [4.69, 9.17) is 0 Å². The van der Waals surface area contributed by atoms with Crippen molar-refractivity contribution in [3.8, 4) is 0 Å². The lowest BCUT2D eigenvalue weighted by Crippen LogP contribution is -2.31. The highest BCUT2D eigenvalue weighted by Crippen LogP contribution is 2.34. The van der Waals surface area contributed by atoms with Crippen molar-refractivity contribution in [2.45, 2.75) is 26.7 Å². The van der Waals surface area contributed by atoms with Crippen molar-refractivity contribution in [2.75, 3.05) is 10.2 Å². The van der Waals surface area contributed by atoms with Crippen LogP contribution in [0, 0.1) is 11.8 Å². The number of anilines is 2. The molecule has 2 aromatic carbocycles. The van der Waals surface area contributed by atoms with E-state index in [2.05, 4.69) is 5.32 Å². The molecular formula is C21H22N2O3. The molecule has 1 aliphatic heterocycles. The number of nitrogens with zero attached hydrogens (tertiary/aromatic N) is 1. The highest BCUT2D eigenvalue weighted by molar-refractivity contribution is 6.22. The van der Waals surface area contributed by atoms with Crippen LogP contribution in [0.3, 0.4) is 0 Å². The van der Waals surface area contributed by atoms with Crippen LogP contribution in [0.25, 0.3) is 0 Å². The molecule has 2 unspecified atom stereocenters. The fourth-order valence-electron chi connectivity index (χ4n) is 3.44. The van der Waals surface area contributed by atoms with Crippen LogP contribution in [0.2, 0.25) is 0 Å². The lowest BCUT2D eigenvalue weighted by atomic mass is 9.91. The SMILES string of the molecule is CCC1C(=O)N(c2ccc(C(=O)Nc3ccccc3)cc2)C(=O)C1CC. The van der Waals surface area contributed by atoms with E-state index in [1.54, 1.807) is 24.3 Å². The van der Waals surface area contributed by atoms with Gasteiger partial charge in [0.1, 0.15) is 0 Å². The van der Waals surface area contributed by atoms with Crippen LogP contribution in [0.1, 0.15) is 37.0 Å². The van der Waals surface area contributed by atoms with E-state index >= 15 is 0 Å². The maximum atomic E-state index is 12.6. The van der Waals surface area contributed by atoms with Crippen LogP contribution in [0.5, 0.6) is 0 Å². The van der Waals surface area contributed by atoms with Gasteiger partial charge in [-0.25, -0.2) is 0 Å². The van der Waals surface area contributed by atoms with Crippen molar-refractivity contribution in [1.82, 2.24) is 0 Å². The number of benzene rings is 2. The molecule has 0 saturated carbocycles. The van der Waals surface area contributed by atoms with Gasteiger partial charge in [-0.1, -0.05) is 32.0 Å². The molecule has 3 rings (SSSR count). The number of rotatable bonds is 5. The fraction of sp³-hybridized carbons (Fsp3) is 0.286. The van der Waals surface area contributed by atoms with E-state index in [0.29, 0.717) is 29.8 Å². The third kappa shape index (κ3) is 3.25. The molecule has 26 heavy (non-hydrogen) atoms. The van der Waals surface area contributed by atoms with Gasteiger partial charge in [0, 0.05) is 11.3 Å². The summed E-state index contributed by atoms with van der Waals surface area (Å²) >= 11 is 0. The van der Waals surface area contributed by atoms with Crippen molar-refractivity contribution in [2.24, 2.45) is 11.8 Å².